The molecule has 15 heteroatoms. The second-order valence-electron chi connectivity index (χ2n) is 15.2. The fraction of sp³-hybridized carbons (Fsp3) is 0.737. The number of aromatic hydroxyl groups is 1. The van der Waals surface area contributed by atoms with Crippen molar-refractivity contribution >= 4 is 35.3 Å². The van der Waals surface area contributed by atoms with Crippen molar-refractivity contribution in [3.63, 3.8) is 0 Å². The number of fused-ring (bicyclic) bond motifs is 6. The standard InChI is InChI=1S/C38H57N5O9S/c1-38-11-10-26-25-7-6-24(44)20-28(25)30(21-27(26)29(38)8-9-33(38)45)43-52-22-35(47)40-13-15-50-17-19-51-18-16-49-14-12-39-34(46)5-3-2-4-32-36-31(23-53-32)41-37(48)42-36/h6-7,20,26-27,29,31-33,36,44-45H,2-5,8-19,21-23H2,1H3,(H,39,46)(H,40,47)(H2,41,42,48)/t26-,27-,29+,31+,32+,33-,36+,38+/m1/s1. The Morgan fingerprint density at radius 1 is 0.981 bits per heavy atom. The molecule has 0 unspecified atom stereocenters. The number of benzene rings is 1. The molecule has 6 N–H and O–H groups in total. The highest BCUT2D eigenvalue weighted by atomic mass is 32.2. The third-order valence-corrected chi connectivity index (χ3v) is 13.4. The number of amides is 4. The molecular formula is C38H57N5O9S. The summed E-state index contributed by atoms with van der Waals surface area (Å²) in [7, 11) is 0. The first kappa shape index (κ1) is 39.6. The van der Waals surface area contributed by atoms with Crippen molar-refractivity contribution in [1.82, 2.24) is 21.3 Å². The molecule has 294 valence electrons. The molecule has 4 amide bonds. The van der Waals surface area contributed by atoms with E-state index >= 15 is 0 Å². The number of phenolic OH excluding ortho intramolecular Hbond substituents is 1. The normalized spacial score (nSPS) is 30.5. The Morgan fingerprint density at radius 2 is 1.72 bits per heavy atom. The highest BCUT2D eigenvalue weighted by Crippen LogP contribution is 2.61. The van der Waals surface area contributed by atoms with Crippen molar-refractivity contribution in [3.8, 4) is 5.75 Å². The Kier molecular flexibility index (Phi) is 14.2. The van der Waals surface area contributed by atoms with E-state index in [2.05, 4.69) is 33.3 Å². The molecule has 2 heterocycles. The summed E-state index contributed by atoms with van der Waals surface area (Å²) in [5, 5.41) is 37.4. The zero-order valence-corrected chi connectivity index (χ0v) is 31.6. The maximum absolute atomic E-state index is 12.4. The van der Waals surface area contributed by atoms with Gasteiger partial charge in [-0.2, -0.15) is 11.8 Å². The van der Waals surface area contributed by atoms with Crippen LogP contribution >= 0.6 is 11.8 Å². The predicted octanol–water partition coefficient (Wildman–Crippen LogP) is 2.80. The molecule has 1 aromatic carbocycles. The van der Waals surface area contributed by atoms with Crippen LogP contribution in [0.1, 0.15) is 81.8 Å². The van der Waals surface area contributed by atoms with E-state index in [1.807, 2.05) is 17.8 Å². The number of aliphatic hydroxyl groups excluding tert-OH is 1. The molecule has 4 fully saturated rings. The Morgan fingerprint density at radius 3 is 2.49 bits per heavy atom. The maximum atomic E-state index is 12.4. The van der Waals surface area contributed by atoms with E-state index in [1.165, 1.54) is 5.56 Å². The van der Waals surface area contributed by atoms with E-state index in [9.17, 15) is 24.6 Å². The number of nitrogens with zero attached hydrogens (tertiary/aromatic N) is 1. The minimum absolute atomic E-state index is 0.0243. The summed E-state index contributed by atoms with van der Waals surface area (Å²) in [6.45, 7) is 5.15. The molecule has 2 saturated carbocycles. The van der Waals surface area contributed by atoms with Crippen molar-refractivity contribution in [2.75, 3.05) is 65.1 Å². The Hall–Kier alpha value is -3.11. The lowest BCUT2D eigenvalue weighted by Gasteiger charge is -2.50. The Balaban J connectivity index is 0.752. The van der Waals surface area contributed by atoms with Crippen LogP contribution in [0.3, 0.4) is 0 Å². The summed E-state index contributed by atoms with van der Waals surface area (Å²) in [6, 6.07) is 5.84. The van der Waals surface area contributed by atoms with Crippen LogP contribution in [0.5, 0.6) is 5.75 Å². The zero-order chi connectivity index (χ0) is 37.2. The van der Waals surface area contributed by atoms with Gasteiger partial charge in [0.25, 0.3) is 5.91 Å². The largest absolute Gasteiger partial charge is 0.508 e. The Bertz CT molecular complexity index is 1450. The summed E-state index contributed by atoms with van der Waals surface area (Å²) in [4.78, 5) is 41.5. The van der Waals surface area contributed by atoms with Gasteiger partial charge in [-0.3, -0.25) is 9.59 Å². The van der Waals surface area contributed by atoms with E-state index in [4.69, 9.17) is 19.0 Å². The molecule has 53 heavy (non-hydrogen) atoms. The number of carbonyl (C=O) groups excluding carboxylic acids is 3. The van der Waals surface area contributed by atoms with Crippen molar-refractivity contribution < 1.29 is 43.6 Å². The van der Waals surface area contributed by atoms with Crippen LogP contribution in [0.4, 0.5) is 4.79 Å². The fourth-order valence-corrected chi connectivity index (χ4v) is 10.7. The van der Waals surface area contributed by atoms with E-state index < -0.39 is 0 Å². The smallest absolute Gasteiger partial charge is 0.315 e. The van der Waals surface area contributed by atoms with Gasteiger partial charge in [0.15, 0.2) is 6.61 Å². The minimum Gasteiger partial charge on any atom is -0.508 e. The van der Waals surface area contributed by atoms with Gasteiger partial charge in [-0.05, 0) is 85.8 Å². The number of ether oxygens (including phenoxy) is 3. The number of urea groups is 1. The molecule has 2 aliphatic heterocycles. The third-order valence-electron chi connectivity index (χ3n) is 11.9. The maximum Gasteiger partial charge on any atom is 0.315 e. The molecule has 14 nitrogen and oxygen atoms in total. The van der Waals surface area contributed by atoms with E-state index in [0.717, 1.165) is 62.0 Å². The minimum atomic E-state index is -0.299. The van der Waals surface area contributed by atoms with Gasteiger partial charge < -0.3 is 50.5 Å². The lowest BCUT2D eigenvalue weighted by Crippen LogP contribution is -2.45. The van der Waals surface area contributed by atoms with Gasteiger partial charge >= 0.3 is 6.03 Å². The molecule has 0 radical (unpaired) electrons. The number of aliphatic hydroxyl groups is 1. The highest BCUT2D eigenvalue weighted by Gasteiger charge is 2.55. The predicted molar refractivity (Wildman–Crippen MR) is 200 cm³/mol. The van der Waals surface area contributed by atoms with Gasteiger partial charge in [0.1, 0.15) is 5.75 Å². The van der Waals surface area contributed by atoms with Crippen LogP contribution in [0.25, 0.3) is 0 Å². The van der Waals surface area contributed by atoms with Gasteiger partial charge in [-0.15, -0.1) is 0 Å². The lowest BCUT2D eigenvalue weighted by atomic mass is 9.55. The second-order valence-corrected chi connectivity index (χ2v) is 16.5. The van der Waals surface area contributed by atoms with Crippen molar-refractivity contribution in [1.29, 1.82) is 0 Å². The first-order valence-corrected chi connectivity index (χ1v) is 20.4. The van der Waals surface area contributed by atoms with E-state index in [0.29, 0.717) is 88.6 Å². The van der Waals surface area contributed by atoms with Crippen molar-refractivity contribution in [2.45, 2.75) is 94.1 Å². The van der Waals surface area contributed by atoms with Crippen LogP contribution in [0.2, 0.25) is 0 Å². The quantitative estimate of drug-likeness (QED) is 0.0656. The number of phenols is 1. The van der Waals surface area contributed by atoms with Gasteiger partial charge in [0.2, 0.25) is 5.91 Å². The van der Waals surface area contributed by atoms with Gasteiger partial charge in [0, 0.05) is 36.1 Å². The molecule has 0 bridgehead atoms. The first-order valence-electron chi connectivity index (χ1n) is 19.4. The molecule has 3 aliphatic carbocycles. The number of oxime groups is 1. The summed E-state index contributed by atoms with van der Waals surface area (Å²) in [5.74, 6) is 1.95. The van der Waals surface area contributed by atoms with Crippen LogP contribution in [0.15, 0.2) is 23.4 Å². The van der Waals surface area contributed by atoms with E-state index in [1.54, 1.807) is 12.1 Å². The average molecular weight is 760 g/mol. The number of hydrogen-bond donors (Lipinski definition) is 6. The number of nitrogens with one attached hydrogen (secondary N) is 4. The molecule has 8 atom stereocenters. The molecule has 6 rings (SSSR count). The van der Waals surface area contributed by atoms with Crippen molar-refractivity contribution in [2.24, 2.45) is 22.4 Å². The van der Waals surface area contributed by atoms with Gasteiger partial charge in [-0.1, -0.05) is 24.6 Å². The summed E-state index contributed by atoms with van der Waals surface area (Å²) in [5.41, 5.74) is 2.71. The molecule has 5 aliphatic rings. The fourth-order valence-electron chi connectivity index (χ4n) is 9.12. The van der Waals surface area contributed by atoms with Crippen LogP contribution < -0.4 is 21.3 Å². The van der Waals surface area contributed by atoms with Gasteiger partial charge in [0.05, 0.1) is 63.5 Å². The molecule has 2 saturated heterocycles. The lowest BCUT2D eigenvalue weighted by molar-refractivity contribution is -0.126. The van der Waals surface area contributed by atoms with E-state index in [-0.39, 0.29) is 53.8 Å². The monoisotopic (exact) mass is 759 g/mol. The second kappa shape index (κ2) is 19.0. The van der Waals surface area contributed by atoms with Crippen molar-refractivity contribution in [3.05, 3.63) is 29.3 Å². The number of hydrogen-bond acceptors (Lipinski definition) is 11. The number of rotatable bonds is 20. The summed E-state index contributed by atoms with van der Waals surface area (Å²) < 4.78 is 16.6. The number of carbonyl (C=O) groups is 3. The topological polar surface area (TPSA) is 189 Å². The third kappa shape index (κ3) is 10.2. The SMILES string of the molecule is C[C@]12CC[C@@H]3c4ccc(O)cc4C(=NOCC(=O)NCCOCCOCCOCCNC(=O)CCCC[C@@H]4SC[C@@H]5NC(=O)N[C@@H]54)C[C@H]3[C@@H]1CC[C@H]2O. The molecular weight excluding hydrogens is 703 g/mol. The van der Waals surface area contributed by atoms with Gasteiger partial charge in [-0.25, -0.2) is 4.79 Å². The number of thioether (sulfide) groups is 1. The molecule has 0 aromatic heterocycles. The first-order chi connectivity index (χ1) is 25.7. The summed E-state index contributed by atoms with van der Waals surface area (Å²) >= 11 is 1.89. The highest BCUT2D eigenvalue weighted by molar-refractivity contribution is 8.00. The van der Waals surface area contributed by atoms with Crippen LogP contribution in [0, 0.1) is 17.3 Å². The zero-order valence-electron chi connectivity index (χ0n) is 30.8. The number of unbranched alkanes of at least 4 members (excludes halogenated alkanes) is 1. The van der Waals surface area contributed by atoms with Crippen LogP contribution in [-0.2, 0) is 28.6 Å². The van der Waals surface area contributed by atoms with Crippen LogP contribution in [-0.4, -0.2) is 122 Å². The Labute approximate surface area is 316 Å². The molecule has 0 spiro atoms. The average Bonchev–Trinajstić information content (AvgIpc) is 3.80. The molecule has 1 aromatic rings. The summed E-state index contributed by atoms with van der Waals surface area (Å²) in [6.07, 6.45) is 7.52.